The number of aryl methyl sites for hydroxylation is 2. The van der Waals surface area contributed by atoms with Gasteiger partial charge in [-0.1, -0.05) is 31.4 Å². The summed E-state index contributed by atoms with van der Waals surface area (Å²) >= 11 is 6.20. The van der Waals surface area contributed by atoms with Gasteiger partial charge in [0.15, 0.2) is 5.78 Å². The summed E-state index contributed by atoms with van der Waals surface area (Å²) in [5, 5.41) is 0.712. The topological polar surface area (TPSA) is 44.8 Å². The Labute approximate surface area is 151 Å². The normalized spacial score (nSPS) is 13.1. The van der Waals surface area contributed by atoms with Crippen LogP contribution >= 0.6 is 11.6 Å². The Hall–Kier alpha value is -0.723. The SMILES string of the molecule is CCCCC(CC(=O)c1cc(C)c(Cl)c(C)c1)[Si](OC)(OC)OC. The van der Waals surface area contributed by atoms with Crippen LogP contribution in [0.1, 0.15) is 54.1 Å². The summed E-state index contributed by atoms with van der Waals surface area (Å²) < 4.78 is 16.9. The van der Waals surface area contributed by atoms with Crippen molar-refractivity contribution in [3.8, 4) is 0 Å². The number of rotatable bonds is 10. The van der Waals surface area contributed by atoms with Crippen molar-refractivity contribution in [2.24, 2.45) is 0 Å². The summed E-state index contributed by atoms with van der Waals surface area (Å²) in [6, 6.07) is 3.70. The highest BCUT2D eigenvalue weighted by Gasteiger charge is 2.47. The minimum absolute atomic E-state index is 0.0544. The Bertz CT molecular complexity index is 527. The van der Waals surface area contributed by atoms with Crippen molar-refractivity contribution >= 4 is 26.2 Å². The van der Waals surface area contributed by atoms with E-state index >= 15 is 0 Å². The molecule has 0 aromatic heterocycles. The van der Waals surface area contributed by atoms with E-state index in [1.807, 2.05) is 26.0 Å². The lowest BCUT2D eigenvalue weighted by atomic mass is 10.00. The molecule has 24 heavy (non-hydrogen) atoms. The van der Waals surface area contributed by atoms with Crippen LogP contribution < -0.4 is 0 Å². The fraction of sp³-hybridized carbons (Fsp3) is 0.611. The molecule has 0 heterocycles. The van der Waals surface area contributed by atoms with Crippen molar-refractivity contribution in [2.75, 3.05) is 21.3 Å². The van der Waals surface area contributed by atoms with E-state index in [9.17, 15) is 4.79 Å². The Morgan fingerprint density at radius 1 is 1.12 bits per heavy atom. The van der Waals surface area contributed by atoms with Gasteiger partial charge in [0.25, 0.3) is 0 Å². The van der Waals surface area contributed by atoms with Crippen LogP contribution in [-0.2, 0) is 13.3 Å². The monoisotopic (exact) mass is 372 g/mol. The second-order valence-electron chi connectivity index (χ2n) is 6.11. The second kappa shape index (κ2) is 9.68. The molecule has 0 aliphatic rings. The molecule has 0 saturated carbocycles. The molecule has 0 aliphatic heterocycles. The number of halogens is 1. The molecule has 0 radical (unpaired) electrons. The minimum atomic E-state index is -2.86. The van der Waals surface area contributed by atoms with Gasteiger partial charge in [0.05, 0.1) is 0 Å². The quantitative estimate of drug-likeness (QED) is 0.429. The predicted octanol–water partition coefficient (Wildman–Crippen LogP) is 4.97. The van der Waals surface area contributed by atoms with Gasteiger partial charge in [-0.3, -0.25) is 4.79 Å². The Kier molecular flexibility index (Phi) is 8.60. The molecule has 6 heteroatoms. The Balaban J connectivity index is 3.07. The molecule has 4 nitrogen and oxygen atoms in total. The first-order valence-corrected chi connectivity index (χ1v) is 10.5. The van der Waals surface area contributed by atoms with Gasteiger partial charge < -0.3 is 13.3 Å². The first kappa shape index (κ1) is 21.3. The zero-order valence-electron chi connectivity index (χ0n) is 15.6. The van der Waals surface area contributed by atoms with Gasteiger partial charge in [-0.25, -0.2) is 0 Å². The number of Topliss-reactive ketones (excluding diaryl/α,β-unsaturated/α-hetero) is 1. The molecule has 1 aromatic carbocycles. The lowest BCUT2D eigenvalue weighted by molar-refractivity contribution is 0.0894. The molecule has 1 atom stereocenters. The molecule has 136 valence electrons. The van der Waals surface area contributed by atoms with Crippen LogP contribution in [0, 0.1) is 13.8 Å². The molecule has 0 spiro atoms. The lowest BCUT2D eigenvalue weighted by Gasteiger charge is -2.32. The maximum Gasteiger partial charge on any atom is 0.503 e. The molecular weight excluding hydrogens is 344 g/mol. The number of carbonyl (C=O) groups excluding carboxylic acids is 1. The van der Waals surface area contributed by atoms with Crippen LogP contribution in [-0.4, -0.2) is 35.9 Å². The van der Waals surface area contributed by atoms with E-state index in [4.69, 9.17) is 24.9 Å². The van der Waals surface area contributed by atoms with Gasteiger partial charge in [0.1, 0.15) is 0 Å². The van der Waals surface area contributed by atoms with E-state index in [1.165, 1.54) is 0 Å². The molecule has 1 unspecified atom stereocenters. The van der Waals surface area contributed by atoms with E-state index in [0.29, 0.717) is 17.0 Å². The highest BCUT2D eigenvalue weighted by atomic mass is 35.5. The highest BCUT2D eigenvalue weighted by molar-refractivity contribution is 6.62. The van der Waals surface area contributed by atoms with Gasteiger partial charge in [0.2, 0.25) is 0 Å². The molecule has 0 aliphatic carbocycles. The van der Waals surface area contributed by atoms with Crippen LogP contribution in [0.5, 0.6) is 0 Å². The second-order valence-corrected chi connectivity index (χ2v) is 9.73. The molecule has 0 bridgehead atoms. The van der Waals surface area contributed by atoms with Crippen molar-refractivity contribution in [2.45, 2.75) is 52.0 Å². The molecule has 0 saturated heterocycles. The zero-order valence-corrected chi connectivity index (χ0v) is 17.3. The highest BCUT2D eigenvalue weighted by Crippen LogP contribution is 2.34. The third kappa shape index (κ3) is 4.89. The predicted molar refractivity (Wildman–Crippen MR) is 99.9 cm³/mol. The standard InChI is InChI=1S/C18H29ClO4Si/c1-7-8-9-16(24(21-4,22-5)23-6)12-17(20)15-10-13(2)18(19)14(3)11-15/h10-11,16H,7-9,12H2,1-6H3. The first-order valence-electron chi connectivity index (χ1n) is 8.30. The Morgan fingerprint density at radius 3 is 2.04 bits per heavy atom. The molecule has 1 aromatic rings. The maximum absolute atomic E-state index is 12.8. The Morgan fingerprint density at radius 2 is 1.62 bits per heavy atom. The average molecular weight is 373 g/mol. The first-order chi connectivity index (χ1) is 11.3. The van der Waals surface area contributed by atoms with Gasteiger partial charge in [-0.05, 0) is 43.5 Å². The fourth-order valence-corrected chi connectivity index (χ4v) is 5.66. The van der Waals surface area contributed by atoms with Gasteiger partial charge >= 0.3 is 8.80 Å². The smallest absolute Gasteiger partial charge is 0.377 e. The van der Waals surface area contributed by atoms with E-state index < -0.39 is 8.80 Å². The largest absolute Gasteiger partial charge is 0.503 e. The van der Waals surface area contributed by atoms with E-state index in [0.717, 1.165) is 30.4 Å². The van der Waals surface area contributed by atoms with Gasteiger partial charge in [-0.15, -0.1) is 0 Å². The fourth-order valence-electron chi connectivity index (χ4n) is 3.05. The molecule has 1 rings (SSSR count). The van der Waals surface area contributed by atoms with Crippen molar-refractivity contribution in [1.82, 2.24) is 0 Å². The summed E-state index contributed by atoms with van der Waals surface area (Å²) in [5.41, 5.74) is 2.46. The molecule has 0 N–H and O–H groups in total. The van der Waals surface area contributed by atoms with Gasteiger partial charge in [-0.2, -0.15) is 0 Å². The van der Waals surface area contributed by atoms with E-state index in [1.54, 1.807) is 21.3 Å². The average Bonchev–Trinajstić information content (AvgIpc) is 2.58. The van der Waals surface area contributed by atoms with Crippen LogP contribution in [0.25, 0.3) is 0 Å². The van der Waals surface area contributed by atoms with E-state index in [2.05, 4.69) is 6.92 Å². The van der Waals surface area contributed by atoms with Crippen LogP contribution in [0.3, 0.4) is 0 Å². The summed E-state index contributed by atoms with van der Waals surface area (Å²) in [7, 11) is 1.92. The minimum Gasteiger partial charge on any atom is -0.377 e. The molecule has 0 fully saturated rings. The number of ketones is 1. The molecular formula is C18H29ClO4Si. The number of unbranched alkanes of at least 4 members (excludes halogenated alkanes) is 1. The maximum atomic E-state index is 12.8. The summed E-state index contributed by atoms with van der Waals surface area (Å²) in [6.45, 7) is 5.96. The number of hydrogen-bond acceptors (Lipinski definition) is 4. The number of benzene rings is 1. The van der Waals surface area contributed by atoms with Gasteiger partial charge in [0, 0.05) is 43.9 Å². The van der Waals surface area contributed by atoms with Crippen molar-refractivity contribution in [3.63, 3.8) is 0 Å². The van der Waals surface area contributed by atoms with Crippen molar-refractivity contribution < 1.29 is 18.1 Å². The number of carbonyl (C=O) groups is 1. The van der Waals surface area contributed by atoms with Crippen LogP contribution in [0.15, 0.2) is 12.1 Å². The van der Waals surface area contributed by atoms with Crippen LogP contribution in [0.4, 0.5) is 0 Å². The summed E-state index contributed by atoms with van der Waals surface area (Å²) in [5.74, 6) is 0.0713. The lowest BCUT2D eigenvalue weighted by Crippen LogP contribution is -2.48. The van der Waals surface area contributed by atoms with Crippen molar-refractivity contribution in [3.05, 3.63) is 33.8 Å². The summed E-state index contributed by atoms with van der Waals surface area (Å²) in [6.07, 6.45) is 3.24. The molecule has 0 amide bonds. The number of hydrogen-bond donors (Lipinski definition) is 0. The van der Waals surface area contributed by atoms with Crippen LogP contribution in [0.2, 0.25) is 10.6 Å². The van der Waals surface area contributed by atoms with E-state index in [-0.39, 0.29) is 11.3 Å². The zero-order chi connectivity index (χ0) is 18.3. The summed E-state index contributed by atoms with van der Waals surface area (Å²) in [4.78, 5) is 12.8. The third-order valence-electron chi connectivity index (χ3n) is 4.45. The third-order valence-corrected chi connectivity index (χ3v) is 8.25. The van der Waals surface area contributed by atoms with Crippen molar-refractivity contribution in [1.29, 1.82) is 0 Å².